The van der Waals surface area contributed by atoms with Crippen molar-refractivity contribution in [3.8, 4) is 32.7 Å². The SMILES string of the molecule is CC1(C)c2cc(N(c3ccc(-c4cccs4)cc3)c3ccc4c(c3)C(C)(C)c3c-4ccc4ccccc34)ccc2-c2ccc3ccccc3c21. The molecule has 0 atom stereocenters. The first-order valence-electron chi connectivity index (χ1n) is 17.6. The van der Waals surface area contributed by atoms with Gasteiger partial charge in [-0.15, -0.1) is 11.3 Å². The lowest BCUT2D eigenvalue weighted by molar-refractivity contribution is 0.666. The summed E-state index contributed by atoms with van der Waals surface area (Å²) in [4.78, 5) is 3.75. The van der Waals surface area contributed by atoms with Crippen LogP contribution in [0.2, 0.25) is 0 Å². The summed E-state index contributed by atoms with van der Waals surface area (Å²) in [6.07, 6.45) is 0. The molecule has 0 spiro atoms. The normalized spacial score (nSPS) is 14.7. The quantitative estimate of drug-likeness (QED) is 0.182. The third-order valence-electron chi connectivity index (χ3n) is 11.5. The summed E-state index contributed by atoms with van der Waals surface area (Å²) in [5, 5.41) is 7.45. The summed E-state index contributed by atoms with van der Waals surface area (Å²) in [6.45, 7) is 9.59. The minimum Gasteiger partial charge on any atom is -0.310 e. The minimum atomic E-state index is -0.140. The minimum absolute atomic E-state index is 0.140. The Morgan fingerprint density at radius 2 is 0.920 bits per heavy atom. The molecular weight excluding hydrogens is 623 g/mol. The molecular formula is C48H37NS. The third kappa shape index (κ3) is 4.12. The molecule has 2 heteroatoms. The zero-order valence-electron chi connectivity index (χ0n) is 28.8. The highest BCUT2D eigenvalue weighted by Crippen LogP contribution is 2.55. The van der Waals surface area contributed by atoms with Gasteiger partial charge in [-0.3, -0.25) is 0 Å². The highest BCUT2D eigenvalue weighted by Gasteiger charge is 2.39. The van der Waals surface area contributed by atoms with Crippen molar-refractivity contribution < 1.29 is 0 Å². The monoisotopic (exact) mass is 659 g/mol. The summed E-state index contributed by atoms with van der Waals surface area (Å²) in [6, 6.07) is 54.6. The summed E-state index contributed by atoms with van der Waals surface area (Å²) in [5.41, 5.74) is 15.5. The number of hydrogen-bond acceptors (Lipinski definition) is 2. The van der Waals surface area contributed by atoms with Crippen LogP contribution >= 0.6 is 11.3 Å². The molecule has 0 aliphatic heterocycles. The van der Waals surface area contributed by atoms with Crippen molar-refractivity contribution in [2.24, 2.45) is 0 Å². The topological polar surface area (TPSA) is 3.24 Å². The zero-order chi connectivity index (χ0) is 33.8. The summed E-state index contributed by atoms with van der Waals surface area (Å²) in [5.74, 6) is 0. The van der Waals surface area contributed by atoms with E-state index >= 15 is 0 Å². The van der Waals surface area contributed by atoms with Crippen LogP contribution in [0.15, 0.2) is 151 Å². The summed E-state index contributed by atoms with van der Waals surface area (Å²) in [7, 11) is 0. The van der Waals surface area contributed by atoms with Crippen LogP contribution in [0.1, 0.15) is 49.9 Å². The van der Waals surface area contributed by atoms with Crippen molar-refractivity contribution in [3.63, 3.8) is 0 Å². The molecule has 0 amide bonds. The van der Waals surface area contributed by atoms with Crippen molar-refractivity contribution in [2.75, 3.05) is 4.90 Å². The van der Waals surface area contributed by atoms with Gasteiger partial charge in [0.05, 0.1) is 0 Å². The van der Waals surface area contributed by atoms with Crippen LogP contribution in [0.3, 0.4) is 0 Å². The molecule has 2 aliphatic carbocycles. The molecule has 240 valence electrons. The van der Waals surface area contributed by atoms with Gasteiger partial charge in [0.25, 0.3) is 0 Å². The molecule has 0 radical (unpaired) electrons. The van der Waals surface area contributed by atoms with Crippen LogP contribution in [0, 0.1) is 0 Å². The summed E-state index contributed by atoms with van der Waals surface area (Å²) < 4.78 is 0. The lowest BCUT2D eigenvalue weighted by Gasteiger charge is -2.30. The first-order chi connectivity index (χ1) is 24.3. The van der Waals surface area contributed by atoms with Crippen molar-refractivity contribution in [1.82, 2.24) is 0 Å². The van der Waals surface area contributed by atoms with E-state index in [0.717, 1.165) is 5.69 Å². The van der Waals surface area contributed by atoms with Crippen molar-refractivity contribution in [1.29, 1.82) is 0 Å². The van der Waals surface area contributed by atoms with Gasteiger partial charge in [-0.2, -0.15) is 0 Å². The fourth-order valence-corrected chi connectivity index (χ4v) is 9.85. The van der Waals surface area contributed by atoms with Crippen molar-refractivity contribution in [2.45, 2.75) is 38.5 Å². The van der Waals surface area contributed by atoms with Gasteiger partial charge >= 0.3 is 0 Å². The molecule has 1 heterocycles. The van der Waals surface area contributed by atoms with E-state index in [1.165, 1.54) is 87.9 Å². The van der Waals surface area contributed by atoms with Crippen LogP contribution in [0.5, 0.6) is 0 Å². The molecule has 7 aromatic carbocycles. The third-order valence-corrected chi connectivity index (χ3v) is 12.4. The maximum absolute atomic E-state index is 2.47. The largest absolute Gasteiger partial charge is 0.310 e. The standard InChI is InChI=1S/C48H37NS/c1-47(2)42-28-34(21-25-38(42)40-23-17-30-10-5-7-12-36(30)45(40)47)49(33-19-15-32(16-20-33)44-14-9-27-50-44)35-22-26-39-41-24-18-31-11-6-8-13-37(31)46(41)48(3,4)43(39)29-35/h5-29H,1-4H3. The molecule has 0 unspecified atom stereocenters. The highest BCUT2D eigenvalue weighted by molar-refractivity contribution is 7.13. The van der Waals surface area contributed by atoms with E-state index in [4.69, 9.17) is 0 Å². The van der Waals surface area contributed by atoms with Crippen molar-refractivity contribution in [3.05, 3.63) is 173 Å². The van der Waals surface area contributed by atoms with Gasteiger partial charge in [0.1, 0.15) is 0 Å². The molecule has 0 saturated carbocycles. The van der Waals surface area contributed by atoms with E-state index in [1.54, 1.807) is 11.3 Å². The van der Waals surface area contributed by atoms with E-state index in [2.05, 4.69) is 184 Å². The molecule has 50 heavy (non-hydrogen) atoms. The fourth-order valence-electron chi connectivity index (χ4n) is 9.12. The Morgan fingerprint density at radius 3 is 1.42 bits per heavy atom. The van der Waals surface area contributed by atoms with Crippen LogP contribution in [-0.4, -0.2) is 0 Å². The highest BCUT2D eigenvalue weighted by atomic mass is 32.1. The Labute approximate surface area is 298 Å². The van der Waals surface area contributed by atoms with Crippen LogP contribution in [-0.2, 0) is 10.8 Å². The first kappa shape index (κ1) is 29.5. The Morgan fingerprint density at radius 1 is 0.440 bits per heavy atom. The number of anilines is 3. The smallest absolute Gasteiger partial charge is 0.0465 e. The summed E-state index contributed by atoms with van der Waals surface area (Å²) >= 11 is 1.79. The van der Waals surface area contributed by atoms with E-state index in [0.29, 0.717) is 0 Å². The maximum Gasteiger partial charge on any atom is 0.0465 e. The van der Waals surface area contributed by atoms with Crippen LogP contribution in [0.25, 0.3) is 54.2 Å². The van der Waals surface area contributed by atoms with E-state index < -0.39 is 0 Å². The Balaban J connectivity index is 1.15. The second kappa shape index (κ2) is 10.5. The lowest BCUT2D eigenvalue weighted by Crippen LogP contribution is -2.18. The number of fused-ring (bicyclic) bond motifs is 10. The molecule has 0 bridgehead atoms. The number of rotatable bonds is 4. The van der Waals surface area contributed by atoms with Gasteiger partial charge in [0.15, 0.2) is 0 Å². The average Bonchev–Trinajstić information content (AvgIpc) is 3.82. The van der Waals surface area contributed by atoms with Gasteiger partial charge < -0.3 is 4.90 Å². The molecule has 1 aromatic heterocycles. The van der Waals surface area contributed by atoms with E-state index in [1.807, 2.05) is 0 Å². The average molecular weight is 660 g/mol. The van der Waals surface area contributed by atoms with Gasteiger partial charge in [-0.25, -0.2) is 0 Å². The second-order valence-electron chi connectivity index (χ2n) is 15.0. The number of benzene rings is 7. The first-order valence-corrected chi connectivity index (χ1v) is 18.5. The van der Waals surface area contributed by atoms with E-state index in [9.17, 15) is 0 Å². The van der Waals surface area contributed by atoms with Crippen LogP contribution in [0.4, 0.5) is 17.1 Å². The van der Waals surface area contributed by atoms with Crippen LogP contribution < -0.4 is 4.90 Å². The maximum atomic E-state index is 2.47. The molecule has 0 fully saturated rings. The van der Waals surface area contributed by atoms with Crippen molar-refractivity contribution >= 4 is 49.9 Å². The van der Waals surface area contributed by atoms with E-state index in [-0.39, 0.29) is 10.8 Å². The molecule has 0 N–H and O–H groups in total. The lowest BCUT2D eigenvalue weighted by atomic mass is 9.80. The van der Waals surface area contributed by atoms with Gasteiger partial charge in [-0.05, 0) is 119 Å². The van der Waals surface area contributed by atoms with Gasteiger partial charge in [-0.1, -0.05) is 131 Å². The number of nitrogens with zero attached hydrogens (tertiary/aromatic N) is 1. The fraction of sp³-hybridized carbons (Fsp3) is 0.125. The molecule has 8 aromatic rings. The zero-order valence-corrected chi connectivity index (χ0v) is 29.6. The predicted octanol–water partition coefficient (Wildman–Crippen LogP) is 13.8. The molecule has 10 rings (SSSR count). The number of hydrogen-bond donors (Lipinski definition) is 0. The Kier molecular flexibility index (Phi) is 6.21. The molecule has 1 nitrogen and oxygen atoms in total. The second-order valence-corrected chi connectivity index (χ2v) is 15.9. The molecule has 0 saturated heterocycles. The predicted molar refractivity (Wildman–Crippen MR) is 215 cm³/mol. The Hall–Kier alpha value is -5.44. The Bertz CT molecular complexity index is 2490. The molecule has 2 aliphatic rings. The van der Waals surface area contributed by atoms with Gasteiger partial charge in [0, 0.05) is 32.8 Å². The number of thiophene rings is 1. The van der Waals surface area contributed by atoms with Gasteiger partial charge in [0.2, 0.25) is 0 Å².